The number of fused-ring (bicyclic) bond motifs is 1. The zero-order chi connectivity index (χ0) is 18.1. The molecular formula is C19H21N5O2. The lowest BCUT2D eigenvalue weighted by Gasteiger charge is -2.20. The Labute approximate surface area is 150 Å². The van der Waals surface area contributed by atoms with Crippen LogP contribution in [0.15, 0.2) is 41.3 Å². The molecule has 0 aliphatic carbocycles. The number of nitrogens with one attached hydrogen (secondary N) is 3. The van der Waals surface area contributed by atoms with Gasteiger partial charge in [0.05, 0.1) is 16.6 Å². The highest BCUT2D eigenvalue weighted by Crippen LogP contribution is 2.26. The number of carbonyl (C=O) groups excluding carboxylic acids is 1. The second-order valence-corrected chi connectivity index (χ2v) is 6.70. The number of carbonyl (C=O) groups is 1. The third kappa shape index (κ3) is 3.25. The molecule has 7 heteroatoms. The summed E-state index contributed by atoms with van der Waals surface area (Å²) < 4.78 is 1.39. The summed E-state index contributed by atoms with van der Waals surface area (Å²) >= 11 is 0. The number of nitrogens with zero attached hydrogens (tertiary/aromatic N) is 2. The fourth-order valence-corrected chi connectivity index (χ4v) is 3.33. The van der Waals surface area contributed by atoms with Gasteiger partial charge in [-0.15, -0.1) is 0 Å². The number of pyridine rings is 1. The van der Waals surface area contributed by atoms with Gasteiger partial charge in [0.2, 0.25) is 5.56 Å². The Morgan fingerprint density at radius 2 is 2.04 bits per heavy atom. The van der Waals surface area contributed by atoms with Crippen LogP contribution in [0.1, 0.15) is 34.9 Å². The smallest absolute Gasteiger partial charge is 0.257 e. The average Bonchev–Trinajstić information content (AvgIpc) is 3.08. The highest BCUT2D eigenvalue weighted by atomic mass is 16.2. The van der Waals surface area contributed by atoms with E-state index in [2.05, 4.69) is 15.6 Å². The number of H-pyrrole nitrogens is 1. The van der Waals surface area contributed by atoms with Crippen LogP contribution in [0.5, 0.6) is 0 Å². The van der Waals surface area contributed by atoms with Crippen molar-refractivity contribution >= 4 is 22.6 Å². The highest BCUT2D eigenvalue weighted by Gasteiger charge is 2.18. The maximum absolute atomic E-state index is 12.4. The van der Waals surface area contributed by atoms with Crippen molar-refractivity contribution in [1.29, 1.82) is 0 Å². The maximum Gasteiger partial charge on any atom is 0.257 e. The number of amides is 1. The Morgan fingerprint density at radius 1 is 1.23 bits per heavy atom. The first-order valence-corrected chi connectivity index (χ1v) is 8.78. The number of anilines is 1. The number of benzene rings is 1. The predicted octanol–water partition coefficient (Wildman–Crippen LogP) is 1.98. The molecule has 3 N–H and O–H groups in total. The van der Waals surface area contributed by atoms with Crippen molar-refractivity contribution in [1.82, 2.24) is 19.9 Å². The fourth-order valence-electron chi connectivity index (χ4n) is 3.33. The Balaban J connectivity index is 1.55. The molecule has 26 heavy (non-hydrogen) atoms. The van der Waals surface area contributed by atoms with Crippen LogP contribution in [0, 0.1) is 0 Å². The van der Waals surface area contributed by atoms with Crippen molar-refractivity contribution in [2.24, 2.45) is 7.05 Å². The standard InChI is InChI=1S/C19H21N5O2/c1-24-11-13(2-5-17(24)25)19(26)21-14-3-4-15-16(10-14)23-18(22-15)12-6-8-20-9-7-12/h2-5,10-12,20H,6-9H2,1H3,(H,21,26)(H,22,23). The molecule has 0 unspecified atom stereocenters. The molecule has 1 aliphatic rings. The second kappa shape index (κ2) is 6.76. The summed E-state index contributed by atoms with van der Waals surface area (Å²) in [5.74, 6) is 1.22. The highest BCUT2D eigenvalue weighted by molar-refractivity contribution is 6.04. The normalized spacial score (nSPS) is 15.3. The van der Waals surface area contributed by atoms with Gasteiger partial charge < -0.3 is 20.2 Å². The minimum Gasteiger partial charge on any atom is -0.342 e. The number of imidazole rings is 1. The van der Waals surface area contributed by atoms with Crippen LogP contribution < -0.4 is 16.2 Å². The number of hydrogen-bond acceptors (Lipinski definition) is 4. The molecule has 2 aromatic heterocycles. The Kier molecular flexibility index (Phi) is 4.30. The molecule has 1 saturated heterocycles. The van der Waals surface area contributed by atoms with Gasteiger partial charge in [-0.1, -0.05) is 0 Å². The molecule has 1 aromatic carbocycles. The molecule has 0 spiro atoms. The first kappa shape index (κ1) is 16.5. The molecule has 0 bridgehead atoms. The van der Waals surface area contributed by atoms with Crippen LogP contribution in [0.25, 0.3) is 11.0 Å². The molecule has 1 aliphatic heterocycles. The first-order valence-electron chi connectivity index (χ1n) is 8.78. The minimum atomic E-state index is -0.252. The molecule has 1 amide bonds. The van der Waals surface area contributed by atoms with Gasteiger partial charge in [0.1, 0.15) is 5.82 Å². The zero-order valence-electron chi connectivity index (χ0n) is 14.6. The lowest BCUT2D eigenvalue weighted by atomic mass is 9.98. The van der Waals surface area contributed by atoms with Gasteiger partial charge in [0, 0.05) is 30.9 Å². The molecule has 4 rings (SSSR count). The predicted molar refractivity (Wildman–Crippen MR) is 101 cm³/mol. The third-order valence-electron chi connectivity index (χ3n) is 4.83. The first-order chi connectivity index (χ1) is 12.6. The van der Waals surface area contributed by atoms with Gasteiger partial charge in [0.25, 0.3) is 5.91 Å². The van der Waals surface area contributed by atoms with Crippen LogP contribution in [0.3, 0.4) is 0 Å². The van der Waals surface area contributed by atoms with E-state index in [1.54, 1.807) is 7.05 Å². The van der Waals surface area contributed by atoms with E-state index >= 15 is 0 Å². The van der Waals surface area contributed by atoms with E-state index in [9.17, 15) is 9.59 Å². The molecule has 134 valence electrons. The summed E-state index contributed by atoms with van der Waals surface area (Å²) in [7, 11) is 1.62. The fraction of sp³-hybridized carbons (Fsp3) is 0.316. The zero-order valence-corrected chi connectivity index (χ0v) is 14.6. The summed E-state index contributed by atoms with van der Waals surface area (Å²) in [6.45, 7) is 2.03. The largest absolute Gasteiger partial charge is 0.342 e. The molecule has 1 fully saturated rings. The molecule has 7 nitrogen and oxygen atoms in total. The Hall–Kier alpha value is -2.93. The number of piperidine rings is 1. The topological polar surface area (TPSA) is 91.8 Å². The van der Waals surface area contributed by atoms with Crippen molar-refractivity contribution in [3.05, 3.63) is 58.3 Å². The molecule has 0 radical (unpaired) electrons. The average molecular weight is 351 g/mol. The summed E-state index contributed by atoms with van der Waals surface area (Å²) in [4.78, 5) is 32.0. The lowest BCUT2D eigenvalue weighted by Crippen LogP contribution is -2.27. The Bertz CT molecular complexity index is 1010. The van der Waals surface area contributed by atoms with E-state index in [-0.39, 0.29) is 11.5 Å². The molecular weight excluding hydrogens is 330 g/mol. The Morgan fingerprint density at radius 3 is 2.81 bits per heavy atom. The third-order valence-corrected chi connectivity index (χ3v) is 4.83. The van der Waals surface area contributed by atoms with Gasteiger partial charge in [0.15, 0.2) is 0 Å². The monoisotopic (exact) mass is 351 g/mol. The van der Waals surface area contributed by atoms with Crippen molar-refractivity contribution in [2.75, 3.05) is 18.4 Å². The van der Waals surface area contributed by atoms with Gasteiger partial charge in [-0.3, -0.25) is 9.59 Å². The van der Waals surface area contributed by atoms with Crippen LogP contribution in [0.4, 0.5) is 5.69 Å². The van der Waals surface area contributed by atoms with Crippen LogP contribution >= 0.6 is 0 Å². The van der Waals surface area contributed by atoms with Crippen LogP contribution in [-0.2, 0) is 7.05 Å². The van der Waals surface area contributed by atoms with Gasteiger partial charge in [-0.2, -0.15) is 0 Å². The molecule has 0 saturated carbocycles. The van der Waals surface area contributed by atoms with E-state index < -0.39 is 0 Å². The quantitative estimate of drug-likeness (QED) is 0.673. The van der Waals surface area contributed by atoms with Gasteiger partial charge in [-0.05, 0) is 50.2 Å². The molecule has 3 aromatic rings. The van der Waals surface area contributed by atoms with E-state index in [0.717, 1.165) is 42.8 Å². The maximum atomic E-state index is 12.4. The van der Waals surface area contributed by atoms with Crippen molar-refractivity contribution in [3.8, 4) is 0 Å². The van der Waals surface area contributed by atoms with Crippen molar-refractivity contribution < 1.29 is 4.79 Å². The SMILES string of the molecule is Cn1cc(C(=O)Nc2ccc3nc(C4CCNCC4)[nH]c3c2)ccc1=O. The molecule has 0 atom stereocenters. The van der Waals surface area contributed by atoms with Crippen molar-refractivity contribution in [2.45, 2.75) is 18.8 Å². The van der Waals surface area contributed by atoms with Gasteiger partial charge >= 0.3 is 0 Å². The van der Waals surface area contributed by atoms with E-state index in [1.807, 2.05) is 18.2 Å². The van der Waals surface area contributed by atoms with Crippen LogP contribution in [-0.4, -0.2) is 33.5 Å². The number of aromatic nitrogens is 3. The number of aryl methyl sites for hydroxylation is 1. The van der Waals surface area contributed by atoms with E-state index in [1.165, 1.54) is 22.9 Å². The summed E-state index contributed by atoms with van der Waals surface area (Å²) in [5, 5.41) is 6.24. The number of aromatic amines is 1. The van der Waals surface area contributed by atoms with Crippen LogP contribution in [0.2, 0.25) is 0 Å². The summed E-state index contributed by atoms with van der Waals surface area (Å²) in [6, 6.07) is 8.56. The molecule has 3 heterocycles. The summed E-state index contributed by atoms with van der Waals surface area (Å²) in [6.07, 6.45) is 3.69. The van der Waals surface area contributed by atoms with Gasteiger partial charge in [-0.25, -0.2) is 4.98 Å². The number of rotatable bonds is 3. The minimum absolute atomic E-state index is 0.147. The van der Waals surface area contributed by atoms with E-state index in [0.29, 0.717) is 17.2 Å². The van der Waals surface area contributed by atoms with Crippen molar-refractivity contribution in [3.63, 3.8) is 0 Å². The van der Waals surface area contributed by atoms with E-state index in [4.69, 9.17) is 4.98 Å². The second-order valence-electron chi connectivity index (χ2n) is 6.70. The number of hydrogen-bond donors (Lipinski definition) is 3. The lowest BCUT2D eigenvalue weighted by molar-refractivity contribution is 0.102. The summed E-state index contributed by atoms with van der Waals surface area (Å²) in [5.41, 5.74) is 2.80.